The van der Waals surface area contributed by atoms with Gasteiger partial charge in [0.1, 0.15) is 7.85 Å². The zero-order valence-electron chi connectivity index (χ0n) is 8.00. The Kier molecular flexibility index (Phi) is 5.85. The van der Waals surface area contributed by atoms with Gasteiger partial charge in [-0.1, -0.05) is 5.47 Å². The van der Waals surface area contributed by atoms with Crippen molar-refractivity contribution in [2.75, 3.05) is 13.7 Å². The van der Waals surface area contributed by atoms with E-state index < -0.39 is 0 Å². The lowest BCUT2D eigenvalue weighted by Crippen LogP contribution is -2.30. The van der Waals surface area contributed by atoms with E-state index in [0.717, 1.165) is 0 Å². The normalized spacial score (nSPS) is 14.9. The minimum Gasteiger partial charge on any atom is -0.395 e. The maximum atomic E-state index is 5.69. The van der Waals surface area contributed by atoms with Crippen LogP contribution in [0.4, 0.5) is 0 Å². The smallest absolute Gasteiger partial charge is 0.112 e. The molecule has 3 nitrogen and oxygen atoms in total. The molecule has 0 aromatic carbocycles. The highest BCUT2D eigenvalue weighted by atomic mass is 16.5. The van der Waals surface area contributed by atoms with E-state index in [0.29, 0.717) is 12.1 Å². The van der Waals surface area contributed by atoms with Gasteiger partial charge in [0.25, 0.3) is 0 Å². The summed E-state index contributed by atoms with van der Waals surface area (Å²) in [5.41, 5.74) is 6.30. The zero-order chi connectivity index (χ0) is 9.56. The molecule has 0 aromatic heterocycles. The summed E-state index contributed by atoms with van der Waals surface area (Å²) in [5.74, 6) is 0. The second-order valence-electron chi connectivity index (χ2n) is 2.92. The molecule has 3 N–H and O–H groups in total. The molecule has 0 amide bonds. The van der Waals surface area contributed by atoms with Gasteiger partial charge in [-0.25, -0.2) is 0 Å². The topological polar surface area (TPSA) is 47.3 Å². The molecule has 0 aliphatic rings. The maximum Gasteiger partial charge on any atom is 0.112 e. The predicted molar refractivity (Wildman–Crippen MR) is 52.0 cm³/mol. The Bertz CT molecular complexity index is 148. The van der Waals surface area contributed by atoms with E-state index >= 15 is 0 Å². The fourth-order valence-corrected chi connectivity index (χ4v) is 0.666. The van der Waals surface area contributed by atoms with E-state index in [9.17, 15) is 0 Å². The van der Waals surface area contributed by atoms with Crippen molar-refractivity contribution in [1.82, 2.24) is 5.32 Å². The van der Waals surface area contributed by atoms with E-state index in [1.165, 1.54) is 0 Å². The molecule has 0 fully saturated rings. The van der Waals surface area contributed by atoms with E-state index in [2.05, 4.69) is 5.32 Å². The van der Waals surface area contributed by atoms with Crippen LogP contribution in [0.3, 0.4) is 0 Å². The predicted octanol–water partition coefficient (Wildman–Crippen LogP) is -0.0320. The SMILES string of the molecule is [B]/C(=C/NC)C(N)COC(C)C. The summed E-state index contributed by atoms with van der Waals surface area (Å²) in [5, 5.41) is 2.81. The lowest BCUT2D eigenvalue weighted by atomic mass is 9.90. The van der Waals surface area contributed by atoms with Crippen molar-refractivity contribution in [2.45, 2.75) is 26.0 Å². The number of hydrogen-bond acceptors (Lipinski definition) is 3. The van der Waals surface area contributed by atoms with Crippen LogP contribution in [-0.2, 0) is 4.74 Å². The van der Waals surface area contributed by atoms with Gasteiger partial charge in [0.05, 0.1) is 12.7 Å². The number of ether oxygens (including phenoxy) is 1. The number of nitrogens with two attached hydrogens (primary N) is 1. The molecule has 1 unspecified atom stereocenters. The van der Waals surface area contributed by atoms with Crippen LogP contribution in [0.2, 0.25) is 0 Å². The fourth-order valence-electron chi connectivity index (χ4n) is 0.666. The Morgan fingerprint density at radius 2 is 2.25 bits per heavy atom. The van der Waals surface area contributed by atoms with E-state index in [4.69, 9.17) is 18.3 Å². The molecule has 12 heavy (non-hydrogen) atoms. The Morgan fingerprint density at radius 3 is 2.67 bits per heavy atom. The third-order valence-corrected chi connectivity index (χ3v) is 1.35. The van der Waals surface area contributed by atoms with Crippen LogP contribution >= 0.6 is 0 Å². The van der Waals surface area contributed by atoms with Gasteiger partial charge in [0.2, 0.25) is 0 Å². The largest absolute Gasteiger partial charge is 0.395 e. The first-order valence-corrected chi connectivity index (χ1v) is 4.08. The molecule has 1 atom stereocenters. The van der Waals surface area contributed by atoms with E-state index in [1.807, 2.05) is 13.8 Å². The highest BCUT2D eigenvalue weighted by Crippen LogP contribution is 1.96. The maximum absolute atomic E-state index is 5.69. The molecule has 0 aliphatic carbocycles. The second-order valence-corrected chi connectivity index (χ2v) is 2.92. The van der Waals surface area contributed by atoms with Gasteiger partial charge in [0, 0.05) is 13.1 Å². The van der Waals surface area contributed by atoms with Crippen LogP contribution in [0.5, 0.6) is 0 Å². The van der Waals surface area contributed by atoms with Crippen LogP contribution in [0.1, 0.15) is 13.8 Å². The Morgan fingerprint density at radius 1 is 1.67 bits per heavy atom. The third-order valence-electron chi connectivity index (χ3n) is 1.35. The lowest BCUT2D eigenvalue weighted by Gasteiger charge is -2.15. The Hall–Kier alpha value is -0.475. The van der Waals surface area contributed by atoms with Gasteiger partial charge in [-0.05, 0) is 20.0 Å². The zero-order valence-corrected chi connectivity index (χ0v) is 8.00. The minimum atomic E-state index is -0.222. The third kappa shape index (κ3) is 5.21. The van der Waals surface area contributed by atoms with Crippen LogP contribution in [0, 0.1) is 0 Å². The van der Waals surface area contributed by atoms with Crippen LogP contribution in [-0.4, -0.2) is 33.6 Å². The summed E-state index contributed by atoms with van der Waals surface area (Å²) in [6.45, 7) is 4.39. The molecule has 2 radical (unpaired) electrons. The molecule has 68 valence electrons. The second kappa shape index (κ2) is 6.09. The van der Waals surface area contributed by atoms with Crippen molar-refractivity contribution in [1.29, 1.82) is 0 Å². The van der Waals surface area contributed by atoms with Crippen molar-refractivity contribution in [3.8, 4) is 0 Å². The summed E-state index contributed by atoms with van der Waals surface area (Å²) in [7, 11) is 7.39. The molecular formula is C8H17BN2O. The summed E-state index contributed by atoms with van der Waals surface area (Å²) in [4.78, 5) is 0. The molecule has 0 aliphatic heterocycles. The van der Waals surface area contributed by atoms with E-state index in [-0.39, 0.29) is 12.1 Å². The summed E-state index contributed by atoms with van der Waals surface area (Å²) in [6.07, 6.45) is 1.87. The lowest BCUT2D eigenvalue weighted by molar-refractivity contribution is 0.0746. The highest BCUT2D eigenvalue weighted by Gasteiger charge is 2.04. The van der Waals surface area contributed by atoms with Gasteiger partial charge in [-0.2, -0.15) is 0 Å². The number of nitrogens with one attached hydrogen (secondary N) is 1. The molecule has 0 aromatic rings. The van der Waals surface area contributed by atoms with Crippen LogP contribution in [0.25, 0.3) is 0 Å². The Balaban J connectivity index is 3.71. The van der Waals surface area contributed by atoms with Gasteiger partial charge in [-0.15, -0.1) is 0 Å². The average molecular weight is 168 g/mol. The van der Waals surface area contributed by atoms with Crippen molar-refractivity contribution in [3.63, 3.8) is 0 Å². The van der Waals surface area contributed by atoms with Crippen molar-refractivity contribution in [2.24, 2.45) is 5.73 Å². The molecule has 0 heterocycles. The van der Waals surface area contributed by atoms with Gasteiger partial charge < -0.3 is 15.8 Å². The molecular weight excluding hydrogens is 151 g/mol. The molecule has 0 saturated carbocycles. The highest BCUT2D eigenvalue weighted by molar-refractivity contribution is 6.22. The van der Waals surface area contributed by atoms with Crippen molar-refractivity contribution >= 4 is 7.85 Å². The summed E-state index contributed by atoms with van der Waals surface area (Å²) < 4.78 is 5.30. The monoisotopic (exact) mass is 168 g/mol. The van der Waals surface area contributed by atoms with Crippen LogP contribution < -0.4 is 11.1 Å². The fraction of sp³-hybridized carbons (Fsp3) is 0.750. The summed E-state index contributed by atoms with van der Waals surface area (Å²) in [6, 6.07) is -0.222. The molecule has 0 rings (SSSR count). The minimum absolute atomic E-state index is 0.193. The average Bonchev–Trinajstić information content (AvgIpc) is 2.00. The molecule has 0 bridgehead atoms. The molecule has 4 heteroatoms. The van der Waals surface area contributed by atoms with Crippen LogP contribution in [0.15, 0.2) is 11.7 Å². The molecule has 0 spiro atoms. The van der Waals surface area contributed by atoms with Gasteiger partial charge >= 0.3 is 0 Å². The first kappa shape index (κ1) is 11.5. The summed E-state index contributed by atoms with van der Waals surface area (Å²) >= 11 is 0. The first-order valence-electron chi connectivity index (χ1n) is 4.08. The number of rotatable bonds is 5. The van der Waals surface area contributed by atoms with Crippen molar-refractivity contribution < 1.29 is 4.74 Å². The number of hydrogen-bond donors (Lipinski definition) is 2. The quantitative estimate of drug-likeness (QED) is 0.566. The van der Waals surface area contributed by atoms with E-state index in [1.54, 1.807) is 13.2 Å². The first-order chi connectivity index (χ1) is 5.57. The van der Waals surface area contributed by atoms with Crippen molar-refractivity contribution in [3.05, 3.63) is 11.7 Å². The van der Waals surface area contributed by atoms with Gasteiger partial charge in [0.15, 0.2) is 0 Å². The standard InChI is InChI=1S/C8H17BN2O/c1-6(2)12-5-8(10)7(9)4-11-3/h4,6,8,11H,5,10H2,1-3H3/b7-4+. The Labute approximate surface area is 75.8 Å². The van der Waals surface area contributed by atoms with Gasteiger partial charge in [-0.3, -0.25) is 0 Å². The molecule has 0 saturated heterocycles.